The van der Waals surface area contributed by atoms with Gasteiger partial charge in [-0.2, -0.15) is 16.7 Å². The van der Waals surface area contributed by atoms with E-state index in [1.165, 1.54) is 16.5 Å². The Morgan fingerprint density at radius 3 is 2.32 bits per heavy atom. The van der Waals surface area contributed by atoms with Gasteiger partial charge in [-0.3, -0.25) is 4.68 Å². The maximum atomic E-state index is 6.67. The molecule has 3 aromatic heterocycles. The fourth-order valence-electron chi connectivity index (χ4n) is 6.68. The number of benzene rings is 4. The molecule has 0 spiro atoms. The number of pyridine rings is 1. The number of aryl methyl sites for hydroxylation is 3. The van der Waals surface area contributed by atoms with E-state index in [1.807, 2.05) is 29.1 Å². The first kappa shape index (κ1) is 35.4. The van der Waals surface area contributed by atoms with Gasteiger partial charge in [0.05, 0.1) is 5.69 Å². The number of ether oxygens (including phenoxy) is 1. The van der Waals surface area contributed by atoms with Crippen LogP contribution in [0.4, 0.5) is 0 Å². The molecule has 5 nitrogen and oxygen atoms in total. The van der Waals surface area contributed by atoms with E-state index in [0.717, 1.165) is 68.8 Å². The number of hydrogen-bond acceptors (Lipinski definition) is 3. The van der Waals surface area contributed by atoms with Crippen LogP contribution in [0.3, 0.4) is 0 Å². The van der Waals surface area contributed by atoms with Gasteiger partial charge in [0.2, 0.25) is 0 Å². The van der Waals surface area contributed by atoms with E-state index in [9.17, 15) is 0 Å². The van der Waals surface area contributed by atoms with Crippen LogP contribution < -0.4 is 4.74 Å². The molecule has 256 valence electrons. The van der Waals surface area contributed by atoms with Gasteiger partial charge in [-0.1, -0.05) is 82.6 Å². The Kier molecular flexibility index (Phi) is 9.93. The van der Waals surface area contributed by atoms with Gasteiger partial charge in [0.1, 0.15) is 5.82 Å². The smallest absolute Gasteiger partial charge is 0.509 e. The summed E-state index contributed by atoms with van der Waals surface area (Å²) < 4.78 is 10.9. The summed E-state index contributed by atoms with van der Waals surface area (Å²) in [6, 6.07) is 37.0. The van der Waals surface area contributed by atoms with Crippen LogP contribution in [0.1, 0.15) is 75.0 Å². The summed E-state index contributed by atoms with van der Waals surface area (Å²) >= 11 is 0. The molecular formula is C44H44N4OPt. The Morgan fingerprint density at radius 1 is 0.820 bits per heavy atom. The predicted octanol–water partition coefficient (Wildman–Crippen LogP) is 11.4. The molecule has 6 heteroatoms. The maximum absolute atomic E-state index is 6.67. The van der Waals surface area contributed by atoms with Crippen LogP contribution in [0.5, 0.6) is 11.5 Å². The largest absolute Gasteiger partial charge is 2.00 e. The Labute approximate surface area is 310 Å². The van der Waals surface area contributed by atoms with Crippen molar-refractivity contribution in [3.63, 3.8) is 0 Å². The van der Waals surface area contributed by atoms with Crippen molar-refractivity contribution in [2.75, 3.05) is 0 Å². The zero-order valence-corrected chi connectivity index (χ0v) is 32.4. The summed E-state index contributed by atoms with van der Waals surface area (Å²) in [6.07, 6.45) is 3.83. The first-order valence-electron chi connectivity index (χ1n) is 17.2. The Morgan fingerprint density at radius 2 is 1.60 bits per heavy atom. The average Bonchev–Trinajstić information content (AvgIpc) is 3.55. The van der Waals surface area contributed by atoms with E-state index in [2.05, 4.69) is 139 Å². The number of hydrogen-bond donors (Lipinski definition) is 0. The standard InChI is InChI=1S/C44H44N4O.Pt/c1-28(2)34-14-17-40-39(25-34)38-16-15-36(27-41(38)47(40)42-22-29(3)19-21-45-42)49-37-24-32(18-20-44(6,7)8)23-35(26-37)48-31(5)43(30(4)46-48)33-12-10-9-11-13-33;/h9-17,19,21-25,28H,18,20H2,1-8H3;/q-2;+2. The van der Waals surface area contributed by atoms with Crippen molar-refractivity contribution >= 4 is 21.8 Å². The number of aromatic nitrogens is 4. The third-order valence-corrected chi connectivity index (χ3v) is 9.33. The molecule has 0 radical (unpaired) electrons. The van der Waals surface area contributed by atoms with Gasteiger partial charge in [-0.15, -0.1) is 35.7 Å². The van der Waals surface area contributed by atoms with Gasteiger partial charge in [0.25, 0.3) is 0 Å². The van der Waals surface area contributed by atoms with Gasteiger partial charge in [0, 0.05) is 34.5 Å². The quantitative estimate of drug-likeness (QED) is 0.143. The van der Waals surface area contributed by atoms with E-state index < -0.39 is 0 Å². The van der Waals surface area contributed by atoms with Crippen LogP contribution in [-0.4, -0.2) is 19.3 Å². The minimum Gasteiger partial charge on any atom is -0.509 e. The molecule has 0 fully saturated rings. The van der Waals surface area contributed by atoms with Crippen LogP contribution >= 0.6 is 0 Å². The van der Waals surface area contributed by atoms with Gasteiger partial charge >= 0.3 is 21.1 Å². The maximum Gasteiger partial charge on any atom is 2.00 e. The molecule has 0 bridgehead atoms. The van der Waals surface area contributed by atoms with Crippen molar-refractivity contribution in [3.05, 3.63) is 131 Å². The molecule has 4 aromatic carbocycles. The molecule has 0 saturated carbocycles. The minimum atomic E-state index is 0. The average molecular weight is 840 g/mol. The first-order valence-corrected chi connectivity index (χ1v) is 17.2. The second-order valence-corrected chi connectivity index (χ2v) is 14.8. The van der Waals surface area contributed by atoms with E-state index in [-0.39, 0.29) is 26.5 Å². The van der Waals surface area contributed by atoms with Gasteiger partial charge in [-0.25, -0.2) is 4.98 Å². The Bertz CT molecular complexity index is 2310. The van der Waals surface area contributed by atoms with E-state index in [0.29, 0.717) is 17.4 Å². The van der Waals surface area contributed by atoms with Crippen molar-refractivity contribution in [1.82, 2.24) is 19.3 Å². The summed E-state index contributed by atoms with van der Waals surface area (Å²) in [7, 11) is 0. The van der Waals surface area contributed by atoms with Crippen molar-refractivity contribution < 1.29 is 25.8 Å². The predicted molar refractivity (Wildman–Crippen MR) is 201 cm³/mol. The molecule has 7 aromatic rings. The van der Waals surface area contributed by atoms with E-state index >= 15 is 0 Å². The molecule has 50 heavy (non-hydrogen) atoms. The second kappa shape index (κ2) is 14.0. The topological polar surface area (TPSA) is 44.9 Å². The van der Waals surface area contributed by atoms with Crippen molar-refractivity contribution in [2.45, 2.75) is 74.1 Å². The fraction of sp³-hybridized carbons (Fsp3) is 0.273. The van der Waals surface area contributed by atoms with Crippen LogP contribution in [-0.2, 0) is 27.5 Å². The monoisotopic (exact) mass is 839 g/mol. The molecule has 7 rings (SSSR count). The zero-order valence-electron chi connectivity index (χ0n) is 30.2. The molecular weight excluding hydrogens is 796 g/mol. The van der Waals surface area contributed by atoms with Crippen molar-refractivity contribution in [2.24, 2.45) is 5.41 Å². The molecule has 0 N–H and O–H groups in total. The molecule has 0 amide bonds. The molecule has 3 heterocycles. The van der Waals surface area contributed by atoms with Crippen LogP contribution in [0.25, 0.3) is 44.4 Å². The van der Waals surface area contributed by atoms with Crippen LogP contribution in [0.2, 0.25) is 0 Å². The van der Waals surface area contributed by atoms with E-state index in [1.54, 1.807) is 0 Å². The molecule has 0 unspecified atom stereocenters. The van der Waals surface area contributed by atoms with Gasteiger partial charge < -0.3 is 9.30 Å². The Balaban J connectivity index is 0.00000432. The first-order chi connectivity index (χ1) is 23.4. The number of fused-ring (bicyclic) bond motifs is 3. The van der Waals surface area contributed by atoms with Crippen LogP contribution in [0.15, 0.2) is 91.1 Å². The Hall–Kier alpha value is -4.47. The summed E-state index contributed by atoms with van der Waals surface area (Å²) in [5.41, 5.74) is 11.1. The third kappa shape index (κ3) is 7.07. The van der Waals surface area contributed by atoms with Gasteiger partial charge in [0.15, 0.2) is 0 Å². The normalized spacial score (nSPS) is 11.8. The SMILES string of the molecule is Cc1ccnc(-n2c3[c-]c(Oc4[c-]c(-n5nc(C)c(-c6ccccc6)c5C)cc(CCC(C)(C)C)c4)ccc3c3cc(C(C)C)ccc32)c1.[Pt+2]. The van der Waals surface area contributed by atoms with Crippen LogP contribution in [0, 0.1) is 38.3 Å². The van der Waals surface area contributed by atoms with Gasteiger partial charge in [-0.05, 0) is 90.9 Å². The molecule has 0 atom stereocenters. The second-order valence-electron chi connectivity index (χ2n) is 14.8. The van der Waals surface area contributed by atoms with Crippen molar-refractivity contribution in [3.8, 4) is 34.1 Å². The van der Waals surface area contributed by atoms with Crippen molar-refractivity contribution in [1.29, 1.82) is 0 Å². The summed E-state index contributed by atoms with van der Waals surface area (Å²) in [6.45, 7) is 17.6. The third-order valence-electron chi connectivity index (χ3n) is 9.33. The summed E-state index contributed by atoms with van der Waals surface area (Å²) in [5.74, 6) is 2.56. The molecule has 0 aliphatic carbocycles. The molecule has 0 saturated heterocycles. The fourth-order valence-corrected chi connectivity index (χ4v) is 6.68. The molecule has 0 aliphatic rings. The number of rotatable bonds is 8. The summed E-state index contributed by atoms with van der Waals surface area (Å²) in [4.78, 5) is 4.78. The van der Waals surface area contributed by atoms with E-state index in [4.69, 9.17) is 14.8 Å². The summed E-state index contributed by atoms with van der Waals surface area (Å²) in [5, 5.41) is 7.31. The zero-order chi connectivity index (χ0) is 34.4. The molecule has 0 aliphatic heterocycles. The minimum absolute atomic E-state index is 0. The number of nitrogens with zero attached hydrogens (tertiary/aromatic N) is 4.